The molecule has 4 aromatic rings. The van der Waals surface area contributed by atoms with Gasteiger partial charge in [-0.25, -0.2) is 5.01 Å². The van der Waals surface area contributed by atoms with Crippen molar-refractivity contribution in [2.75, 3.05) is 12.9 Å². The molecule has 0 N–H and O–H groups in total. The third-order valence-corrected chi connectivity index (χ3v) is 7.22. The summed E-state index contributed by atoms with van der Waals surface area (Å²) in [5, 5.41) is 17.4. The normalized spacial score (nSPS) is 17.6. The van der Waals surface area contributed by atoms with E-state index in [1.165, 1.54) is 17.1 Å². The molecule has 7 nitrogen and oxygen atoms in total. The van der Waals surface area contributed by atoms with E-state index in [0.717, 1.165) is 40.8 Å². The van der Waals surface area contributed by atoms with E-state index in [-0.39, 0.29) is 17.7 Å². The zero-order chi connectivity index (χ0) is 23.8. The van der Waals surface area contributed by atoms with Crippen LogP contribution in [-0.4, -0.2) is 39.7 Å². The zero-order valence-corrected chi connectivity index (χ0v) is 20.1. The van der Waals surface area contributed by atoms with Crippen molar-refractivity contribution in [1.29, 1.82) is 0 Å². The highest BCUT2D eigenvalue weighted by Crippen LogP contribution is 2.40. The first-order valence-electron chi connectivity index (χ1n) is 11.7. The number of hydrazone groups is 1. The molecule has 0 radical (unpaired) electrons. The van der Waals surface area contributed by atoms with Crippen molar-refractivity contribution in [3.8, 4) is 5.75 Å². The van der Waals surface area contributed by atoms with Crippen LogP contribution in [0.15, 0.2) is 81.5 Å². The fourth-order valence-corrected chi connectivity index (χ4v) is 4.95. The van der Waals surface area contributed by atoms with Gasteiger partial charge in [-0.05, 0) is 52.9 Å². The largest absolute Gasteiger partial charge is 0.497 e. The number of carbonyl (C=O) groups is 1. The predicted octanol–water partition coefficient (Wildman–Crippen LogP) is 5.58. The highest BCUT2D eigenvalue weighted by Gasteiger charge is 2.34. The Hall–Kier alpha value is -3.65. The van der Waals surface area contributed by atoms with Crippen LogP contribution in [0.2, 0.25) is 0 Å². The van der Waals surface area contributed by atoms with Crippen molar-refractivity contribution < 1.29 is 13.9 Å². The summed E-state index contributed by atoms with van der Waals surface area (Å²) in [5.41, 5.74) is 2.93. The van der Waals surface area contributed by atoms with Gasteiger partial charge in [0.05, 0.1) is 24.6 Å². The van der Waals surface area contributed by atoms with Gasteiger partial charge in [-0.1, -0.05) is 60.3 Å². The van der Waals surface area contributed by atoms with Crippen molar-refractivity contribution in [3.63, 3.8) is 0 Å². The topological polar surface area (TPSA) is 80.8 Å². The molecule has 176 valence electrons. The minimum atomic E-state index is -0.194. The van der Waals surface area contributed by atoms with Crippen molar-refractivity contribution >= 4 is 34.2 Å². The van der Waals surface area contributed by atoms with Gasteiger partial charge in [0.15, 0.2) is 0 Å². The van der Waals surface area contributed by atoms with Gasteiger partial charge in [0.25, 0.3) is 11.1 Å². The number of benzene rings is 3. The van der Waals surface area contributed by atoms with E-state index in [9.17, 15) is 4.79 Å². The molecule has 1 atom stereocenters. The van der Waals surface area contributed by atoms with Gasteiger partial charge in [0.2, 0.25) is 5.89 Å². The highest BCUT2D eigenvalue weighted by molar-refractivity contribution is 7.99. The fraction of sp³-hybridized carbons (Fsp3) is 0.259. The molecule has 1 amide bonds. The number of fused-ring (bicyclic) bond motifs is 1. The molecular weight excluding hydrogens is 460 g/mol. The van der Waals surface area contributed by atoms with Crippen molar-refractivity contribution in [2.45, 2.75) is 36.4 Å². The van der Waals surface area contributed by atoms with Crippen LogP contribution in [0.1, 0.15) is 48.2 Å². The first kappa shape index (κ1) is 21.9. The molecule has 0 spiro atoms. The van der Waals surface area contributed by atoms with Crippen LogP contribution in [0, 0.1) is 0 Å². The molecule has 1 aromatic heterocycles. The molecule has 2 aliphatic rings. The van der Waals surface area contributed by atoms with E-state index in [0.29, 0.717) is 23.5 Å². The summed E-state index contributed by atoms with van der Waals surface area (Å²) in [6.07, 6.45) is 2.82. The summed E-state index contributed by atoms with van der Waals surface area (Å²) in [6, 6.07) is 22.2. The predicted molar refractivity (Wildman–Crippen MR) is 135 cm³/mol. The van der Waals surface area contributed by atoms with Crippen molar-refractivity contribution in [1.82, 2.24) is 15.2 Å². The Balaban J connectivity index is 1.26. The maximum atomic E-state index is 13.4. The quantitative estimate of drug-likeness (QED) is 0.319. The Bertz CT molecular complexity index is 1410. The second kappa shape index (κ2) is 9.19. The fourth-order valence-electron chi connectivity index (χ4n) is 4.33. The average molecular weight is 485 g/mol. The van der Waals surface area contributed by atoms with Crippen LogP contribution in [0.4, 0.5) is 0 Å². The molecule has 2 heterocycles. The van der Waals surface area contributed by atoms with Crippen LogP contribution in [-0.2, 0) is 4.79 Å². The van der Waals surface area contributed by atoms with E-state index < -0.39 is 0 Å². The summed E-state index contributed by atoms with van der Waals surface area (Å²) >= 11 is 1.26. The maximum absolute atomic E-state index is 13.4. The van der Waals surface area contributed by atoms with Crippen LogP contribution < -0.4 is 4.74 Å². The monoisotopic (exact) mass is 484 g/mol. The Kier molecular flexibility index (Phi) is 5.74. The Morgan fingerprint density at radius 2 is 1.86 bits per heavy atom. The minimum Gasteiger partial charge on any atom is -0.497 e. The van der Waals surface area contributed by atoms with Gasteiger partial charge in [0.1, 0.15) is 5.75 Å². The van der Waals surface area contributed by atoms with Gasteiger partial charge in [-0.2, -0.15) is 5.10 Å². The number of thioether (sulfide) groups is 1. The smallest absolute Gasteiger partial charge is 0.277 e. The number of amides is 1. The van der Waals surface area contributed by atoms with Crippen LogP contribution in [0.5, 0.6) is 5.75 Å². The second-order valence-electron chi connectivity index (χ2n) is 8.81. The average Bonchev–Trinajstić information content (AvgIpc) is 3.48. The van der Waals surface area contributed by atoms with Crippen molar-refractivity contribution in [3.05, 3.63) is 83.7 Å². The van der Waals surface area contributed by atoms with Gasteiger partial charge in [0, 0.05) is 12.3 Å². The summed E-state index contributed by atoms with van der Waals surface area (Å²) in [5.74, 6) is 1.91. The molecule has 1 aliphatic carbocycles. The molecule has 1 aliphatic heterocycles. The number of hydrogen-bond donors (Lipinski definition) is 0. The third kappa shape index (κ3) is 4.53. The summed E-state index contributed by atoms with van der Waals surface area (Å²) in [7, 11) is 1.64. The number of methoxy groups -OCH3 is 1. The van der Waals surface area contributed by atoms with E-state index in [4.69, 9.17) is 14.3 Å². The first-order chi connectivity index (χ1) is 17.2. The number of hydrogen-bond acceptors (Lipinski definition) is 7. The third-order valence-electron chi connectivity index (χ3n) is 6.42. The highest BCUT2D eigenvalue weighted by atomic mass is 32.2. The number of ether oxygens (including phenoxy) is 1. The molecular formula is C27H24N4O3S. The van der Waals surface area contributed by atoms with Gasteiger partial charge < -0.3 is 9.15 Å². The number of nitrogens with zero attached hydrogens (tertiary/aromatic N) is 4. The van der Waals surface area contributed by atoms with Crippen molar-refractivity contribution in [2.24, 2.45) is 5.10 Å². The lowest BCUT2D eigenvalue weighted by Crippen LogP contribution is -2.28. The maximum Gasteiger partial charge on any atom is 0.277 e. The Morgan fingerprint density at radius 1 is 1.06 bits per heavy atom. The second-order valence-corrected chi connectivity index (χ2v) is 9.74. The molecule has 0 bridgehead atoms. The van der Waals surface area contributed by atoms with Crippen LogP contribution >= 0.6 is 11.8 Å². The molecule has 1 unspecified atom stereocenters. The van der Waals surface area contributed by atoms with E-state index in [1.807, 2.05) is 36.4 Å². The molecule has 1 saturated carbocycles. The standard InChI is InChI=1S/C27H24N4O3S/c1-33-22-12-10-18(11-13-22)24-15-23(21-9-6-17-4-2-3-5-20(17)14-21)30-31(24)25(32)16-35-27-29-28-26(34-27)19-7-8-19/h2-6,9-14,19,24H,7-8,15-16H2,1H3. The summed E-state index contributed by atoms with van der Waals surface area (Å²) < 4.78 is 11.0. The SMILES string of the molecule is COc1ccc(C2CC(c3ccc4ccccc4c3)=NN2C(=O)CSc2nnc(C3CC3)o2)cc1. The molecule has 0 saturated heterocycles. The molecule has 3 aromatic carbocycles. The number of carbonyl (C=O) groups excluding carboxylic acids is 1. The lowest BCUT2D eigenvalue weighted by Gasteiger charge is -2.22. The molecule has 1 fully saturated rings. The van der Waals surface area contributed by atoms with Crippen LogP contribution in [0.3, 0.4) is 0 Å². The Morgan fingerprint density at radius 3 is 2.63 bits per heavy atom. The number of aromatic nitrogens is 2. The number of rotatable bonds is 7. The van der Waals surface area contributed by atoms with E-state index >= 15 is 0 Å². The minimum absolute atomic E-state index is 0.0993. The molecule has 6 rings (SSSR count). The van der Waals surface area contributed by atoms with Crippen LogP contribution in [0.25, 0.3) is 10.8 Å². The van der Waals surface area contributed by atoms with Gasteiger partial charge >= 0.3 is 0 Å². The molecule has 35 heavy (non-hydrogen) atoms. The van der Waals surface area contributed by atoms with E-state index in [2.05, 4.69) is 40.5 Å². The summed E-state index contributed by atoms with van der Waals surface area (Å²) in [4.78, 5) is 13.4. The zero-order valence-electron chi connectivity index (χ0n) is 19.3. The van der Waals surface area contributed by atoms with Gasteiger partial charge in [-0.15, -0.1) is 10.2 Å². The van der Waals surface area contributed by atoms with E-state index in [1.54, 1.807) is 12.1 Å². The lowest BCUT2D eigenvalue weighted by atomic mass is 9.97. The Labute approximate surface area is 207 Å². The van der Waals surface area contributed by atoms with Gasteiger partial charge in [-0.3, -0.25) is 4.79 Å². The molecule has 8 heteroatoms. The lowest BCUT2D eigenvalue weighted by molar-refractivity contribution is -0.130. The summed E-state index contributed by atoms with van der Waals surface area (Å²) in [6.45, 7) is 0. The first-order valence-corrected chi connectivity index (χ1v) is 12.7.